The summed E-state index contributed by atoms with van der Waals surface area (Å²) in [7, 11) is 0. The van der Waals surface area contributed by atoms with Gasteiger partial charge in [0.2, 0.25) is 5.91 Å². The van der Waals surface area contributed by atoms with Gasteiger partial charge in [0.1, 0.15) is 0 Å². The highest BCUT2D eigenvalue weighted by atomic mass is 16.2. The third-order valence-corrected chi connectivity index (χ3v) is 4.41. The average molecular weight is 272 g/mol. The molecule has 1 aromatic carbocycles. The van der Waals surface area contributed by atoms with Crippen LogP contribution in [-0.2, 0) is 17.8 Å². The fraction of sp³-hybridized carbons (Fsp3) is 0.588. The molecule has 1 atom stereocenters. The lowest BCUT2D eigenvalue weighted by Gasteiger charge is -2.26. The van der Waals surface area contributed by atoms with Crippen LogP contribution in [0.4, 0.5) is 0 Å². The van der Waals surface area contributed by atoms with Crippen molar-refractivity contribution in [1.82, 2.24) is 10.2 Å². The van der Waals surface area contributed by atoms with E-state index in [-0.39, 0.29) is 6.04 Å². The zero-order valence-electron chi connectivity index (χ0n) is 12.3. The molecule has 0 aromatic heterocycles. The molecule has 2 fully saturated rings. The second-order valence-corrected chi connectivity index (χ2v) is 6.02. The maximum absolute atomic E-state index is 12.6. The number of rotatable bonds is 5. The van der Waals surface area contributed by atoms with Crippen molar-refractivity contribution in [1.29, 1.82) is 0 Å². The summed E-state index contributed by atoms with van der Waals surface area (Å²) in [6.45, 7) is 3.92. The van der Waals surface area contributed by atoms with Crippen molar-refractivity contribution in [3.63, 3.8) is 0 Å². The predicted molar refractivity (Wildman–Crippen MR) is 80.4 cm³/mol. The van der Waals surface area contributed by atoms with E-state index in [1.54, 1.807) is 0 Å². The quantitative estimate of drug-likeness (QED) is 0.893. The van der Waals surface area contributed by atoms with E-state index in [9.17, 15) is 4.79 Å². The molecule has 0 bridgehead atoms. The van der Waals surface area contributed by atoms with Gasteiger partial charge in [-0.1, -0.05) is 31.2 Å². The van der Waals surface area contributed by atoms with Gasteiger partial charge in [-0.3, -0.25) is 4.79 Å². The van der Waals surface area contributed by atoms with Gasteiger partial charge in [0.05, 0.1) is 6.04 Å². The number of nitrogens with zero attached hydrogens (tertiary/aromatic N) is 1. The van der Waals surface area contributed by atoms with Crippen molar-refractivity contribution in [3.05, 3.63) is 35.4 Å². The molecule has 20 heavy (non-hydrogen) atoms. The monoisotopic (exact) mass is 272 g/mol. The topological polar surface area (TPSA) is 32.3 Å². The highest BCUT2D eigenvalue weighted by molar-refractivity contribution is 5.82. The number of benzene rings is 1. The number of aryl methyl sites for hydroxylation is 1. The van der Waals surface area contributed by atoms with E-state index < -0.39 is 0 Å². The number of hydrogen-bond donors (Lipinski definition) is 1. The van der Waals surface area contributed by atoms with Gasteiger partial charge in [-0.2, -0.15) is 0 Å². The molecule has 1 heterocycles. The fourth-order valence-corrected chi connectivity index (χ4v) is 2.95. The molecule has 2 aliphatic rings. The van der Waals surface area contributed by atoms with Crippen LogP contribution in [0.3, 0.4) is 0 Å². The molecule has 0 unspecified atom stereocenters. The van der Waals surface area contributed by atoms with Crippen LogP contribution in [-0.4, -0.2) is 29.4 Å². The normalized spacial score (nSPS) is 21.9. The Hall–Kier alpha value is -1.35. The third kappa shape index (κ3) is 3.04. The van der Waals surface area contributed by atoms with Crippen LogP contribution in [0.5, 0.6) is 0 Å². The Morgan fingerprint density at radius 1 is 1.20 bits per heavy atom. The summed E-state index contributed by atoms with van der Waals surface area (Å²) in [5, 5.41) is 3.33. The lowest BCUT2D eigenvalue weighted by atomic mass is 10.1. The van der Waals surface area contributed by atoms with Gasteiger partial charge >= 0.3 is 0 Å². The van der Waals surface area contributed by atoms with Crippen molar-refractivity contribution in [2.45, 2.75) is 57.7 Å². The Morgan fingerprint density at radius 2 is 1.90 bits per heavy atom. The predicted octanol–water partition coefficient (Wildman–Crippen LogP) is 2.49. The molecule has 108 valence electrons. The molecular weight excluding hydrogens is 248 g/mol. The van der Waals surface area contributed by atoms with Crippen LogP contribution in [0.2, 0.25) is 0 Å². The van der Waals surface area contributed by atoms with Crippen LogP contribution in [0.15, 0.2) is 24.3 Å². The molecule has 1 saturated carbocycles. The Bertz CT molecular complexity index is 458. The molecule has 1 amide bonds. The molecule has 1 aromatic rings. The van der Waals surface area contributed by atoms with Gasteiger partial charge < -0.3 is 10.2 Å². The lowest BCUT2D eigenvalue weighted by Crippen LogP contribution is -2.44. The number of hydrogen-bond acceptors (Lipinski definition) is 2. The minimum Gasteiger partial charge on any atom is -0.334 e. The van der Waals surface area contributed by atoms with Crippen molar-refractivity contribution < 1.29 is 4.79 Å². The van der Waals surface area contributed by atoms with Gasteiger partial charge in [-0.15, -0.1) is 0 Å². The maximum Gasteiger partial charge on any atom is 0.240 e. The first kappa shape index (κ1) is 13.6. The Balaban J connectivity index is 1.68. The first-order chi connectivity index (χ1) is 9.78. The molecule has 3 rings (SSSR count). The van der Waals surface area contributed by atoms with Crippen molar-refractivity contribution in [2.24, 2.45) is 0 Å². The molecule has 1 saturated heterocycles. The number of carbonyl (C=O) groups is 1. The number of nitrogens with one attached hydrogen (secondary N) is 1. The minimum atomic E-state index is 0.0607. The van der Waals surface area contributed by atoms with E-state index in [1.165, 1.54) is 24.0 Å². The molecular formula is C17H24N2O. The van der Waals surface area contributed by atoms with Crippen LogP contribution in [0.1, 0.15) is 43.7 Å². The van der Waals surface area contributed by atoms with Crippen LogP contribution in [0.25, 0.3) is 0 Å². The highest BCUT2D eigenvalue weighted by Crippen LogP contribution is 2.29. The molecule has 1 aliphatic carbocycles. The smallest absolute Gasteiger partial charge is 0.240 e. The van der Waals surface area contributed by atoms with E-state index in [2.05, 4.69) is 41.4 Å². The molecule has 0 radical (unpaired) electrons. The van der Waals surface area contributed by atoms with Crippen molar-refractivity contribution >= 4 is 5.91 Å². The molecule has 3 heteroatoms. The average Bonchev–Trinajstić information content (AvgIpc) is 3.18. The SMILES string of the molecule is CCc1ccc(CN(C(=O)[C@H]2CCCN2)C2CC2)cc1. The summed E-state index contributed by atoms with van der Waals surface area (Å²) >= 11 is 0. The fourth-order valence-electron chi connectivity index (χ4n) is 2.95. The largest absolute Gasteiger partial charge is 0.334 e. The van der Waals surface area contributed by atoms with E-state index in [0.29, 0.717) is 11.9 Å². The Kier molecular flexibility index (Phi) is 4.06. The standard InChI is InChI=1S/C17H24N2O/c1-2-13-5-7-14(8-6-13)12-19(15-9-10-15)17(20)16-4-3-11-18-16/h5-8,15-16,18H,2-4,9-12H2,1H3/t16-/m1/s1. The number of carbonyl (C=O) groups excluding carboxylic acids is 1. The summed E-state index contributed by atoms with van der Waals surface area (Å²) in [6, 6.07) is 9.24. The van der Waals surface area contributed by atoms with E-state index in [1.807, 2.05) is 0 Å². The first-order valence-corrected chi connectivity index (χ1v) is 7.89. The molecule has 3 nitrogen and oxygen atoms in total. The second kappa shape index (κ2) is 5.96. The van der Waals surface area contributed by atoms with Gasteiger partial charge in [-0.05, 0) is 49.8 Å². The third-order valence-electron chi connectivity index (χ3n) is 4.41. The van der Waals surface area contributed by atoms with Crippen LogP contribution >= 0.6 is 0 Å². The number of amides is 1. The summed E-state index contributed by atoms with van der Waals surface area (Å²) < 4.78 is 0. The molecule has 1 aliphatic heterocycles. The van der Waals surface area contributed by atoms with Gasteiger partial charge in [0.15, 0.2) is 0 Å². The van der Waals surface area contributed by atoms with Gasteiger partial charge in [0.25, 0.3) is 0 Å². The Morgan fingerprint density at radius 3 is 2.45 bits per heavy atom. The lowest BCUT2D eigenvalue weighted by molar-refractivity contribution is -0.134. The van der Waals surface area contributed by atoms with E-state index in [4.69, 9.17) is 0 Å². The van der Waals surface area contributed by atoms with Crippen LogP contribution < -0.4 is 5.32 Å². The molecule has 0 spiro atoms. The zero-order chi connectivity index (χ0) is 13.9. The first-order valence-electron chi connectivity index (χ1n) is 7.89. The summed E-state index contributed by atoms with van der Waals surface area (Å²) in [5.41, 5.74) is 2.61. The Labute approximate surface area is 121 Å². The second-order valence-electron chi connectivity index (χ2n) is 6.02. The van der Waals surface area contributed by atoms with E-state index in [0.717, 1.165) is 32.4 Å². The maximum atomic E-state index is 12.6. The summed E-state index contributed by atoms with van der Waals surface area (Å²) in [4.78, 5) is 14.7. The van der Waals surface area contributed by atoms with Gasteiger partial charge in [0, 0.05) is 12.6 Å². The minimum absolute atomic E-state index is 0.0607. The van der Waals surface area contributed by atoms with Crippen molar-refractivity contribution in [3.8, 4) is 0 Å². The van der Waals surface area contributed by atoms with Crippen LogP contribution in [0, 0.1) is 0 Å². The highest BCUT2D eigenvalue weighted by Gasteiger charge is 2.36. The summed E-state index contributed by atoms with van der Waals surface area (Å²) in [6.07, 6.45) is 5.53. The summed E-state index contributed by atoms with van der Waals surface area (Å²) in [5.74, 6) is 0.310. The zero-order valence-corrected chi connectivity index (χ0v) is 12.3. The molecule has 1 N–H and O–H groups in total. The van der Waals surface area contributed by atoms with E-state index >= 15 is 0 Å². The van der Waals surface area contributed by atoms with Gasteiger partial charge in [-0.25, -0.2) is 0 Å². The van der Waals surface area contributed by atoms with Crippen molar-refractivity contribution in [2.75, 3.05) is 6.54 Å².